The molecule has 0 radical (unpaired) electrons. The van der Waals surface area contributed by atoms with Crippen LogP contribution in [0.25, 0.3) is 11.3 Å². The minimum atomic E-state index is -0.277. The van der Waals surface area contributed by atoms with Crippen molar-refractivity contribution in [3.63, 3.8) is 0 Å². The molecular weight excluding hydrogens is 376 g/mol. The molecule has 0 bridgehead atoms. The Bertz CT molecular complexity index is 1020. The molecule has 1 aromatic heterocycles. The molecular formula is C22H19ClN2O3. The Balaban J connectivity index is 1.58. The van der Waals surface area contributed by atoms with E-state index in [-0.39, 0.29) is 5.91 Å². The molecule has 0 unspecified atom stereocenters. The molecule has 4 rings (SSSR count). The fourth-order valence-electron chi connectivity index (χ4n) is 3.04. The summed E-state index contributed by atoms with van der Waals surface area (Å²) in [4.78, 5) is 17.4. The van der Waals surface area contributed by atoms with Crippen molar-refractivity contribution in [2.24, 2.45) is 0 Å². The first-order valence-electron chi connectivity index (χ1n) is 9.05. The van der Waals surface area contributed by atoms with Crippen LogP contribution in [0.1, 0.15) is 22.5 Å². The lowest BCUT2D eigenvalue weighted by Crippen LogP contribution is -2.14. The first-order valence-corrected chi connectivity index (χ1v) is 9.43. The predicted octanol–water partition coefficient (Wildman–Crippen LogP) is 5.12. The van der Waals surface area contributed by atoms with Crippen LogP contribution in [0.4, 0.5) is 5.69 Å². The van der Waals surface area contributed by atoms with Gasteiger partial charge < -0.3 is 14.8 Å². The van der Waals surface area contributed by atoms with E-state index in [4.69, 9.17) is 21.1 Å². The van der Waals surface area contributed by atoms with Gasteiger partial charge in [0.25, 0.3) is 5.91 Å². The number of aryl methyl sites for hydroxylation is 1. The number of nitrogens with one attached hydrogen (secondary N) is 1. The molecule has 3 aromatic rings. The highest BCUT2D eigenvalue weighted by molar-refractivity contribution is 6.34. The summed E-state index contributed by atoms with van der Waals surface area (Å²) >= 11 is 6.33. The van der Waals surface area contributed by atoms with Crippen LogP contribution >= 0.6 is 11.6 Å². The normalized spacial score (nSPS) is 12.9. The number of fused-ring (bicyclic) bond motifs is 1. The van der Waals surface area contributed by atoms with Gasteiger partial charge in [0.1, 0.15) is 0 Å². The number of carbonyl (C=O) groups is 1. The monoisotopic (exact) mass is 394 g/mol. The smallest absolute Gasteiger partial charge is 0.257 e. The van der Waals surface area contributed by atoms with Crippen molar-refractivity contribution in [1.82, 2.24) is 4.98 Å². The van der Waals surface area contributed by atoms with E-state index in [1.807, 2.05) is 43.3 Å². The summed E-state index contributed by atoms with van der Waals surface area (Å²) in [7, 11) is 0. The maximum atomic E-state index is 12.8. The van der Waals surface area contributed by atoms with Crippen molar-refractivity contribution >= 4 is 23.2 Å². The van der Waals surface area contributed by atoms with Crippen molar-refractivity contribution < 1.29 is 14.3 Å². The summed E-state index contributed by atoms with van der Waals surface area (Å²) in [6.45, 7) is 2.95. The zero-order chi connectivity index (χ0) is 19.5. The van der Waals surface area contributed by atoms with E-state index in [9.17, 15) is 4.79 Å². The Labute approximate surface area is 168 Å². The van der Waals surface area contributed by atoms with Gasteiger partial charge in [-0.2, -0.15) is 0 Å². The summed E-state index contributed by atoms with van der Waals surface area (Å²) in [6.07, 6.45) is 0.798. The SMILES string of the molecule is Cc1nc(-c2ccccc2)ccc1C(=O)Nc1cc2c(cc1Cl)OCCCO2. The predicted molar refractivity (Wildman–Crippen MR) is 109 cm³/mol. The topological polar surface area (TPSA) is 60.5 Å². The number of aromatic nitrogens is 1. The van der Waals surface area contributed by atoms with E-state index in [2.05, 4.69) is 10.3 Å². The highest BCUT2D eigenvalue weighted by Gasteiger charge is 2.17. The van der Waals surface area contributed by atoms with Gasteiger partial charge in [0.05, 0.1) is 40.9 Å². The molecule has 2 aromatic carbocycles. The average molecular weight is 395 g/mol. The largest absolute Gasteiger partial charge is 0.490 e. The number of nitrogens with zero attached hydrogens (tertiary/aromatic N) is 1. The van der Waals surface area contributed by atoms with E-state index in [1.165, 1.54) is 0 Å². The molecule has 0 spiro atoms. The Hall–Kier alpha value is -3.05. The Morgan fingerprint density at radius 2 is 1.75 bits per heavy atom. The molecule has 0 aliphatic carbocycles. The summed E-state index contributed by atoms with van der Waals surface area (Å²) in [5.41, 5.74) is 3.43. The number of anilines is 1. The highest BCUT2D eigenvalue weighted by atomic mass is 35.5. The lowest BCUT2D eigenvalue weighted by Gasteiger charge is -2.13. The fraction of sp³-hybridized carbons (Fsp3) is 0.182. The van der Waals surface area contributed by atoms with Gasteiger partial charge in [-0.25, -0.2) is 0 Å². The van der Waals surface area contributed by atoms with Crippen LogP contribution in [0, 0.1) is 6.92 Å². The Morgan fingerprint density at radius 1 is 1.04 bits per heavy atom. The molecule has 1 aliphatic heterocycles. The van der Waals surface area contributed by atoms with Crippen molar-refractivity contribution in [1.29, 1.82) is 0 Å². The minimum absolute atomic E-state index is 0.277. The third-order valence-corrected chi connectivity index (χ3v) is 4.80. The number of amides is 1. The minimum Gasteiger partial charge on any atom is -0.490 e. The van der Waals surface area contributed by atoms with Gasteiger partial charge in [-0.1, -0.05) is 41.9 Å². The summed E-state index contributed by atoms with van der Waals surface area (Å²) in [5, 5.41) is 3.24. The first kappa shape index (κ1) is 18.3. The molecule has 6 heteroatoms. The van der Waals surface area contributed by atoms with Crippen LogP contribution in [-0.4, -0.2) is 24.1 Å². The van der Waals surface area contributed by atoms with Crippen molar-refractivity contribution in [2.45, 2.75) is 13.3 Å². The standard InChI is InChI=1S/C22H19ClN2O3/c1-14-16(8-9-18(24-14)15-6-3-2-4-7-15)22(26)25-19-13-21-20(12-17(19)23)27-10-5-11-28-21/h2-4,6-9,12-13H,5,10-11H2,1H3,(H,25,26). The van der Waals surface area contributed by atoms with E-state index in [1.54, 1.807) is 18.2 Å². The van der Waals surface area contributed by atoms with Crippen LogP contribution in [0.15, 0.2) is 54.6 Å². The van der Waals surface area contributed by atoms with Gasteiger partial charge in [-0.3, -0.25) is 9.78 Å². The summed E-state index contributed by atoms with van der Waals surface area (Å²) < 4.78 is 11.3. The molecule has 0 saturated carbocycles. The van der Waals surface area contributed by atoms with Gasteiger partial charge in [0.2, 0.25) is 0 Å². The first-order chi connectivity index (χ1) is 13.6. The highest BCUT2D eigenvalue weighted by Crippen LogP contribution is 2.37. The third-order valence-electron chi connectivity index (χ3n) is 4.49. The number of ether oxygens (including phenoxy) is 2. The van der Waals surface area contributed by atoms with Crippen LogP contribution in [0.3, 0.4) is 0 Å². The second-order valence-electron chi connectivity index (χ2n) is 6.48. The quantitative estimate of drug-likeness (QED) is 0.669. The average Bonchev–Trinajstić information content (AvgIpc) is 2.93. The molecule has 0 atom stereocenters. The second kappa shape index (κ2) is 7.90. The number of hydrogen-bond acceptors (Lipinski definition) is 4. The molecule has 142 valence electrons. The molecule has 1 amide bonds. The second-order valence-corrected chi connectivity index (χ2v) is 6.89. The number of hydrogen-bond donors (Lipinski definition) is 1. The van der Waals surface area contributed by atoms with Gasteiger partial charge in [-0.15, -0.1) is 0 Å². The van der Waals surface area contributed by atoms with Crippen LogP contribution < -0.4 is 14.8 Å². The molecule has 0 fully saturated rings. The Kier molecular flexibility index (Phi) is 5.17. The molecule has 1 N–H and O–H groups in total. The van der Waals surface area contributed by atoms with E-state index >= 15 is 0 Å². The van der Waals surface area contributed by atoms with Gasteiger partial charge in [0, 0.05) is 24.1 Å². The molecule has 1 aliphatic rings. The number of rotatable bonds is 3. The number of halogens is 1. The van der Waals surface area contributed by atoms with Crippen LogP contribution in [-0.2, 0) is 0 Å². The van der Waals surface area contributed by atoms with Crippen molar-refractivity contribution in [3.8, 4) is 22.8 Å². The fourth-order valence-corrected chi connectivity index (χ4v) is 3.24. The maximum Gasteiger partial charge on any atom is 0.257 e. The zero-order valence-corrected chi connectivity index (χ0v) is 16.1. The molecule has 5 nitrogen and oxygen atoms in total. The summed E-state index contributed by atoms with van der Waals surface area (Å²) in [6, 6.07) is 16.8. The van der Waals surface area contributed by atoms with Crippen LogP contribution in [0.5, 0.6) is 11.5 Å². The van der Waals surface area contributed by atoms with E-state index in [0.29, 0.717) is 46.7 Å². The van der Waals surface area contributed by atoms with Gasteiger partial charge >= 0.3 is 0 Å². The van der Waals surface area contributed by atoms with Crippen molar-refractivity contribution in [2.75, 3.05) is 18.5 Å². The van der Waals surface area contributed by atoms with E-state index in [0.717, 1.165) is 17.7 Å². The van der Waals surface area contributed by atoms with Gasteiger partial charge in [-0.05, 0) is 19.1 Å². The van der Waals surface area contributed by atoms with Gasteiger partial charge in [0.15, 0.2) is 11.5 Å². The van der Waals surface area contributed by atoms with Crippen LogP contribution in [0.2, 0.25) is 5.02 Å². The van der Waals surface area contributed by atoms with Crippen molar-refractivity contribution in [3.05, 3.63) is 70.9 Å². The maximum absolute atomic E-state index is 12.8. The van der Waals surface area contributed by atoms with E-state index < -0.39 is 0 Å². The lowest BCUT2D eigenvalue weighted by atomic mass is 10.1. The molecule has 0 saturated heterocycles. The number of carbonyl (C=O) groups excluding carboxylic acids is 1. The lowest BCUT2D eigenvalue weighted by molar-refractivity contribution is 0.102. The number of benzene rings is 2. The molecule has 28 heavy (non-hydrogen) atoms. The molecule has 2 heterocycles. The number of pyridine rings is 1. The zero-order valence-electron chi connectivity index (χ0n) is 15.4. The third kappa shape index (κ3) is 3.80. The summed E-state index contributed by atoms with van der Waals surface area (Å²) in [5.74, 6) is 0.887. The Morgan fingerprint density at radius 3 is 2.46 bits per heavy atom.